The van der Waals surface area contributed by atoms with E-state index < -0.39 is 47.4 Å². The van der Waals surface area contributed by atoms with E-state index in [0.717, 1.165) is 5.56 Å². The fraction of sp³-hybridized carbons (Fsp3) is 0.538. The van der Waals surface area contributed by atoms with Crippen molar-refractivity contribution in [3.05, 3.63) is 29.8 Å². The molecule has 0 saturated carbocycles. The molecule has 1 aromatic carbocycles. The second kappa shape index (κ2) is 6.59. The summed E-state index contributed by atoms with van der Waals surface area (Å²) in [5.74, 6) is 0. The van der Waals surface area contributed by atoms with Gasteiger partial charge in [0, 0.05) is 0 Å². The van der Waals surface area contributed by atoms with Crippen molar-refractivity contribution in [3.63, 3.8) is 0 Å². The van der Waals surface area contributed by atoms with Gasteiger partial charge >= 0.3 is 0 Å². The molecule has 4 N–H and O–H groups in total. The zero-order chi connectivity index (χ0) is 16.5. The SMILES string of the molecule is Cc1ccc(S(=O)(=O)OC[C@H]2O[C@H](O)[C@@H](O)[C@@H](O)[C@@H]2O)cc1. The third-order valence-electron chi connectivity index (χ3n) is 3.38. The number of aryl methyl sites for hydroxylation is 1. The maximum absolute atomic E-state index is 12.0. The van der Waals surface area contributed by atoms with E-state index in [1.165, 1.54) is 12.1 Å². The summed E-state index contributed by atoms with van der Waals surface area (Å²) in [7, 11) is -4.07. The lowest BCUT2D eigenvalue weighted by Crippen LogP contribution is -2.58. The minimum atomic E-state index is -4.07. The summed E-state index contributed by atoms with van der Waals surface area (Å²) in [6.07, 6.45) is -7.98. The van der Waals surface area contributed by atoms with Crippen LogP contribution in [-0.2, 0) is 19.0 Å². The molecule has 22 heavy (non-hydrogen) atoms. The van der Waals surface area contributed by atoms with Crippen LogP contribution in [0.5, 0.6) is 0 Å². The molecule has 0 aromatic heterocycles. The summed E-state index contributed by atoms with van der Waals surface area (Å²) < 4.78 is 33.6. The summed E-state index contributed by atoms with van der Waals surface area (Å²) in [5.41, 5.74) is 0.880. The fourth-order valence-electron chi connectivity index (χ4n) is 2.00. The highest BCUT2D eigenvalue weighted by atomic mass is 32.2. The number of hydrogen-bond donors (Lipinski definition) is 4. The van der Waals surface area contributed by atoms with Crippen molar-refractivity contribution < 1.29 is 37.8 Å². The van der Waals surface area contributed by atoms with Crippen molar-refractivity contribution in [1.29, 1.82) is 0 Å². The highest BCUT2D eigenvalue weighted by molar-refractivity contribution is 7.86. The predicted molar refractivity (Wildman–Crippen MR) is 73.2 cm³/mol. The lowest BCUT2D eigenvalue weighted by atomic mass is 10.00. The number of aliphatic hydroxyl groups is 4. The van der Waals surface area contributed by atoms with Gasteiger partial charge in [-0.25, -0.2) is 0 Å². The molecule has 124 valence electrons. The van der Waals surface area contributed by atoms with Crippen LogP contribution < -0.4 is 0 Å². The number of ether oxygens (including phenoxy) is 1. The maximum Gasteiger partial charge on any atom is 0.297 e. The second-order valence-electron chi connectivity index (χ2n) is 5.09. The van der Waals surface area contributed by atoms with E-state index in [4.69, 9.17) is 8.92 Å². The zero-order valence-electron chi connectivity index (χ0n) is 11.7. The van der Waals surface area contributed by atoms with Crippen molar-refractivity contribution in [3.8, 4) is 0 Å². The van der Waals surface area contributed by atoms with Crippen molar-refractivity contribution in [2.45, 2.75) is 42.5 Å². The van der Waals surface area contributed by atoms with Crippen molar-refractivity contribution in [2.75, 3.05) is 6.61 Å². The molecular weight excluding hydrogens is 316 g/mol. The molecule has 1 aliphatic heterocycles. The van der Waals surface area contributed by atoms with E-state index in [9.17, 15) is 28.8 Å². The lowest BCUT2D eigenvalue weighted by molar-refractivity contribution is -0.285. The van der Waals surface area contributed by atoms with Crippen molar-refractivity contribution in [1.82, 2.24) is 0 Å². The van der Waals surface area contributed by atoms with E-state index in [1.54, 1.807) is 19.1 Å². The first-order chi connectivity index (χ1) is 10.2. The third-order valence-corrected chi connectivity index (χ3v) is 4.68. The van der Waals surface area contributed by atoms with Crippen LogP contribution in [0.1, 0.15) is 5.56 Å². The number of rotatable bonds is 4. The molecular formula is C13H18O8S. The Morgan fingerprint density at radius 3 is 2.23 bits per heavy atom. The summed E-state index contributed by atoms with van der Waals surface area (Å²) in [4.78, 5) is -0.0652. The Morgan fingerprint density at radius 2 is 1.64 bits per heavy atom. The Morgan fingerprint density at radius 1 is 1.05 bits per heavy atom. The molecule has 2 rings (SSSR count). The van der Waals surface area contributed by atoms with Gasteiger partial charge in [-0.1, -0.05) is 17.7 Å². The first kappa shape index (κ1) is 17.3. The van der Waals surface area contributed by atoms with Gasteiger partial charge in [0.1, 0.15) is 24.4 Å². The van der Waals surface area contributed by atoms with E-state index in [1.807, 2.05) is 0 Å². The highest BCUT2D eigenvalue weighted by Crippen LogP contribution is 2.21. The Hall–Kier alpha value is -1.07. The van der Waals surface area contributed by atoms with E-state index in [2.05, 4.69) is 0 Å². The van der Waals surface area contributed by atoms with Crippen LogP contribution in [-0.4, -0.2) is 66.2 Å². The maximum atomic E-state index is 12.0. The fourth-order valence-corrected chi connectivity index (χ4v) is 2.92. The molecule has 5 atom stereocenters. The average molecular weight is 334 g/mol. The molecule has 0 radical (unpaired) electrons. The van der Waals surface area contributed by atoms with Gasteiger partial charge in [-0.3, -0.25) is 4.18 Å². The molecule has 0 amide bonds. The average Bonchev–Trinajstić information content (AvgIpc) is 2.48. The summed E-state index contributed by atoms with van der Waals surface area (Å²) in [5, 5.41) is 37.9. The standard InChI is InChI=1S/C13H18O8S/c1-7-2-4-8(5-3-7)22(18,19)20-6-9-10(14)11(15)12(16)13(17)21-9/h2-5,9-17H,6H2,1H3/t9-,10-,11+,12+,13+/m1/s1. The normalized spacial score (nSPS) is 32.9. The van der Waals surface area contributed by atoms with Gasteiger partial charge in [0.15, 0.2) is 6.29 Å². The molecule has 1 aliphatic rings. The molecule has 0 spiro atoms. The lowest BCUT2D eigenvalue weighted by Gasteiger charge is -2.37. The molecule has 0 bridgehead atoms. The molecule has 1 saturated heterocycles. The van der Waals surface area contributed by atoms with Gasteiger partial charge in [0.25, 0.3) is 10.1 Å². The monoisotopic (exact) mass is 334 g/mol. The molecule has 1 aromatic rings. The van der Waals surface area contributed by atoms with Gasteiger partial charge in [-0.05, 0) is 19.1 Å². The third kappa shape index (κ3) is 3.63. The number of aliphatic hydroxyl groups excluding tert-OH is 4. The number of benzene rings is 1. The van der Waals surface area contributed by atoms with Crippen LogP contribution in [0.25, 0.3) is 0 Å². The van der Waals surface area contributed by atoms with Gasteiger partial charge in [-0.2, -0.15) is 8.42 Å². The quantitative estimate of drug-likeness (QED) is 0.489. The van der Waals surface area contributed by atoms with Crippen LogP contribution in [0.15, 0.2) is 29.2 Å². The largest absolute Gasteiger partial charge is 0.387 e. The van der Waals surface area contributed by atoms with E-state index in [-0.39, 0.29) is 4.90 Å². The van der Waals surface area contributed by atoms with Crippen LogP contribution in [0, 0.1) is 6.92 Å². The highest BCUT2D eigenvalue weighted by Gasteiger charge is 2.43. The first-order valence-corrected chi connectivity index (χ1v) is 7.97. The van der Waals surface area contributed by atoms with Crippen LogP contribution in [0.4, 0.5) is 0 Å². The molecule has 8 nitrogen and oxygen atoms in total. The Bertz CT molecular complexity index is 599. The first-order valence-electron chi connectivity index (χ1n) is 6.56. The van der Waals surface area contributed by atoms with Gasteiger partial charge in [0.2, 0.25) is 0 Å². The van der Waals surface area contributed by atoms with Gasteiger partial charge < -0.3 is 25.2 Å². The Labute approximate surface area is 127 Å². The second-order valence-corrected chi connectivity index (χ2v) is 6.70. The van der Waals surface area contributed by atoms with Crippen LogP contribution in [0.3, 0.4) is 0 Å². The summed E-state index contributed by atoms with van der Waals surface area (Å²) in [6.45, 7) is 1.19. The van der Waals surface area contributed by atoms with Gasteiger partial charge in [-0.15, -0.1) is 0 Å². The van der Waals surface area contributed by atoms with Crippen molar-refractivity contribution >= 4 is 10.1 Å². The summed E-state index contributed by atoms with van der Waals surface area (Å²) in [6, 6.07) is 5.95. The summed E-state index contributed by atoms with van der Waals surface area (Å²) >= 11 is 0. The van der Waals surface area contributed by atoms with E-state index >= 15 is 0 Å². The molecule has 1 heterocycles. The Balaban J connectivity index is 2.04. The molecule has 9 heteroatoms. The molecule has 0 unspecified atom stereocenters. The van der Waals surface area contributed by atoms with Crippen molar-refractivity contribution in [2.24, 2.45) is 0 Å². The minimum Gasteiger partial charge on any atom is -0.387 e. The van der Waals surface area contributed by atoms with Crippen LogP contribution in [0.2, 0.25) is 0 Å². The molecule has 0 aliphatic carbocycles. The topological polar surface area (TPSA) is 134 Å². The minimum absolute atomic E-state index is 0.0652. The molecule has 1 fully saturated rings. The smallest absolute Gasteiger partial charge is 0.297 e. The van der Waals surface area contributed by atoms with Crippen LogP contribution >= 0.6 is 0 Å². The number of hydrogen-bond acceptors (Lipinski definition) is 8. The van der Waals surface area contributed by atoms with E-state index in [0.29, 0.717) is 0 Å². The predicted octanol–water partition coefficient (Wildman–Crippen LogP) is -1.50. The van der Waals surface area contributed by atoms with Gasteiger partial charge in [0.05, 0.1) is 11.5 Å². The zero-order valence-corrected chi connectivity index (χ0v) is 12.5. The Kier molecular flexibility index (Phi) is 5.17.